The van der Waals surface area contributed by atoms with Crippen molar-refractivity contribution in [3.63, 3.8) is 0 Å². The van der Waals surface area contributed by atoms with Gasteiger partial charge in [-0.05, 0) is 31.3 Å². The second-order valence-corrected chi connectivity index (χ2v) is 3.19. The average Bonchev–Trinajstić information content (AvgIpc) is 2.30. The first kappa shape index (κ1) is 12.1. The molecule has 1 aromatic carbocycles. The summed E-state index contributed by atoms with van der Waals surface area (Å²) in [6, 6.07) is 6.68. The van der Waals surface area contributed by atoms with Gasteiger partial charge < -0.3 is 10.6 Å². The number of aldehydes is 1. The smallest absolute Gasteiger partial charge is 0.248 e. The van der Waals surface area contributed by atoms with Crippen LogP contribution in [0.25, 0.3) is 0 Å². The molecule has 0 aliphatic carbocycles. The molecule has 0 aliphatic rings. The van der Waals surface area contributed by atoms with E-state index < -0.39 is 0 Å². The number of amides is 1. The minimum Gasteiger partial charge on any atom is -0.323 e. The molecule has 0 saturated heterocycles. The van der Waals surface area contributed by atoms with Crippen molar-refractivity contribution < 1.29 is 9.59 Å². The van der Waals surface area contributed by atoms with E-state index in [2.05, 4.69) is 10.6 Å². The van der Waals surface area contributed by atoms with Crippen LogP contribution in [0.4, 0.5) is 5.69 Å². The lowest BCUT2D eigenvalue weighted by Gasteiger charge is -2.01. The molecule has 0 atom stereocenters. The van der Waals surface area contributed by atoms with E-state index in [0.717, 1.165) is 6.29 Å². The Kier molecular flexibility index (Phi) is 4.95. The van der Waals surface area contributed by atoms with E-state index in [0.29, 0.717) is 17.8 Å². The zero-order chi connectivity index (χ0) is 11.8. The van der Waals surface area contributed by atoms with Gasteiger partial charge in [-0.3, -0.25) is 9.59 Å². The Morgan fingerprint density at radius 2 is 2.00 bits per heavy atom. The Balaban J connectivity index is 2.52. The maximum Gasteiger partial charge on any atom is 0.248 e. The van der Waals surface area contributed by atoms with Crippen LogP contribution in [0.2, 0.25) is 0 Å². The summed E-state index contributed by atoms with van der Waals surface area (Å²) in [5, 5.41) is 5.58. The van der Waals surface area contributed by atoms with Crippen LogP contribution in [-0.4, -0.2) is 25.8 Å². The van der Waals surface area contributed by atoms with Gasteiger partial charge in [0.1, 0.15) is 6.29 Å². The van der Waals surface area contributed by atoms with Crippen molar-refractivity contribution in [3.8, 4) is 0 Å². The van der Waals surface area contributed by atoms with E-state index in [1.807, 2.05) is 0 Å². The molecule has 0 spiro atoms. The molecule has 0 fully saturated rings. The van der Waals surface area contributed by atoms with Gasteiger partial charge in [0.05, 0.1) is 0 Å². The lowest BCUT2D eigenvalue weighted by molar-refractivity contribution is -0.111. The Bertz CT molecular complexity index is 383. The lowest BCUT2D eigenvalue weighted by Crippen LogP contribution is -2.10. The van der Waals surface area contributed by atoms with Crippen molar-refractivity contribution in [3.05, 3.63) is 42.0 Å². The number of carbonyl (C=O) groups is 2. The van der Waals surface area contributed by atoms with Gasteiger partial charge in [0.2, 0.25) is 5.91 Å². The molecule has 0 radical (unpaired) electrons. The van der Waals surface area contributed by atoms with E-state index in [1.54, 1.807) is 37.4 Å². The van der Waals surface area contributed by atoms with Crippen molar-refractivity contribution in [2.24, 2.45) is 0 Å². The summed E-state index contributed by atoms with van der Waals surface area (Å²) < 4.78 is 0. The fourth-order valence-corrected chi connectivity index (χ4v) is 1.11. The normalized spacial score (nSPS) is 10.3. The van der Waals surface area contributed by atoms with Gasteiger partial charge >= 0.3 is 0 Å². The Morgan fingerprint density at radius 1 is 1.31 bits per heavy atom. The molecule has 1 amide bonds. The molecule has 0 unspecified atom stereocenters. The highest BCUT2D eigenvalue weighted by atomic mass is 16.1. The lowest BCUT2D eigenvalue weighted by atomic mass is 10.2. The van der Waals surface area contributed by atoms with Crippen molar-refractivity contribution in [2.45, 2.75) is 0 Å². The van der Waals surface area contributed by atoms with Crippen LogP contribution >= 0.6 is 0 Å². The molecule has 4 heteroatoms. The van der Waals surface area contributed by atoms with Crippen molar-refractivity contribution in [2.75, 3.05) is 18.9 Å². The molecular weight excluding hydrogens is 204 g/mol. The summed E-state index contributed by atoms with van der Waals surface area (Å²) >= 11 is 0. The maximum absolute atomic E-state index is 11.3. The third-order valence-corrected chi connectivity index (χ3v) is 1.91. The van der Waals surface area contributed by atoms with E-state index in [-0.39, 0.29) is 5.91 Å². The van der Waals surface area contributed by atoms with Crippen LogP contribution in [0.1, 0.15) is 10.4 Å². The quantitative estimate of drug-likeness (QED) is 0.577. The highest BCUT2D eigenvalue weighted by Crippen LogP contribution is 2.07. The zero-order valence-corrected chi connectivity index (χ0v) is 9.07. The molecule has 2 N–H and O–H groups in total. The van der Waals surface area contributed by atoms with Gasteiger partial charge in [0, 0.05) is 23.9 Å². The number of likely N-dealkylation sites (N-methyl/N-ethyl adjacent to an activating group) is 1. The number of hydrogen-bond acceptors (Lipinski definition) is 3. The first-order valence-electron chi connectivity index (χ1n) is 4.93. The molecule has 0 bridgehead atoms. The van der Waals surface area contributed by atoms with Crippen molar-refractivity contribution >= 4 is 17.9 Å². The number of nitrogens with one attached hydrogen (secondary N) is 2. The topological polar surface area (TPSA) is 58.2 Å². The summed E-state index contributed by atoms with van der Waals surface area (Å²) in [4.78, 5) is 21.8. The van der Waals surface area contributed by atoms with E-state index in [4.69, 9.17) is 0 Å². The molecule has 4 nitrogen and oxygen atoms in total. The molecule has 0 saturated carbocycles. The maximum atomic E-state index is 11.3. The highest BCUT2D eigenvalue weighted by molar-refractivity contribution is 5.99. The largest absolute Gasteiger partial charge is 0.323 e. The number of benzene rings is 1. The third kappa shape index (κ3) is 4.06. The Labute approximate surface area is 94.4 Å². The van der Waals surface area contributed by atoms with Crippen LogP contribution in [0.5, 0.6) is 0 Å². The second-order valence-electron chi connectivity index (χ2n) is 3.19. The molecule has 16 heavy (non-hydrogen) atoms. The average molecular weight is 218 g/mol. The fraction of sp³-hybridized carbons (Fsp3) is 0.167. The monoisotopic (exact) mass is 218 g/mol. The second kappa shape index (κ2) is 6.53. The predicted molar refractivity (Wildman–Crippen MR) is 63.5 cm³/mol. The van der Waals surface area contributed by atoms with Crippen LogP contribution in [0, 0.1) is 0 Å². The van der Waals surface area contributed by atoms with Crippen LogP contribution in [0.15, 0.2) is 36.4 Å². The summed E-state index contributed by atoms with van der Waals surface area (Å²) in [7, 11) is 1.81. The summed E-state index contributed by atoms with van der Waals surface area (Å²) in [5.41, 5.74) is 1.26. The minimum atomic E-state index is -0.186. The Hall–Kier alpha value is -1.94. The molecule has 0 heterocycles. The summed E-state index contributed by atoms with van der Waals surface area (Å²) in [5.74, 6) is -0.186. The van der Waals surface area contributed by atoms with E-state index in [1.165, 1.54) is 6.08 Å². The summed E-state index contributed by atoms with van der Waals surface area (Å²) in [6.45, 7) is 0.650. The van der Waals surface area contributed by atoms with Crippen LogP contribution in [-0.2, 0) is 4.79 Å². The first-order valence-corrected chi connectivity index (χ1v) is 4.93. The molecular formula is C12H14N2O2. The van der Waals surface area contributed by atoms with Crippen molar-refractivity contribution in [1.29, 1.82) is 0 Å². The molecule has 1 rings (SSSR count). The van der Waals surface area contributed by atoms with Gasteiger partial charge in [0.25, 0.3) is 0 Å². The number of hydrogen-bond donors (Lipinski definition) is 2. The van der Waals surface area contributed by atoms with Gasteiger partial charge in [-0.15, -0.1) is 0 Å². The number of rotatable bonds is 5. The molecule has 1 aromatic rings. The fourth-order valence-electron chi connectivity index (χ4n) is 1.11. The van der Waals surface area contributed by atoms with E-state index >= 15 is 0 Å². The molecule has 0 aromatic heterocycles. The van der Waals surface area contributed by atoms with Crippen LogP contribution in [0.3, 0.4) is 0 Å². The van der Waals surface area contributed by atoms with Gasteiger partial charge in [-0.2, -0.15) is 0 Å². The Morgan fingerprint density at radius 3 is 2.56 bits per heavy atom. The molecule has 84 valence electrons. The van der Waals surface area contributed by atoms with Gasteiger partial charge in [-0.1, -0.05) is 6.08 Å². The summed E-state index contributed by atoms with van der Waals surface area (Å²) in [6.07, 6.45) is 3.96. The predicted octanol–water partition coefficient (Wildman–Crippen LogP) is 1.21. The van der Waals surface area contributed by atoms with Gasteiger partial charge in [-0.25, -0.2) is 0 Å². The first-order chi connectivity index (χ1) is 7.76. The SMILES string of the molecule is CNC/C=C/C(=O)Nc1ccc(C=O)cc1. The standard InChI is InChI=1S/C12H14N2O2/c1-13-8-2-3-12(16)14-11-6-4-10(9-15)5-7-11/h2-7,9,13H,8H2,1H3,(H,14,16)/b3-2+. The molecule has 0 aliphatic heterocycles. The van der Waals surface area contributed by atoms with Crippen LogP contribution < -0.4 is 10.6 Å². The number of carbonyl (C=O) groups excluding carboxylic acids is 2. The van der Waals surface area contributed by atoms with E-state index in [9.17, 15) is 9.59 Å². The number of anilines is 1. The van der Waals surface area contributed by atoms with Crippen molar-refractivity contribution in [1.82, 2.24) is 5.32 Å². The van der Waals surface area contributed by atoms with Gasteiger partial charge in [0.15, 0.2) is 0 Å². The highest BCUT2D eigenvalue weighted by Gasteiger charge is 1.97. The zero-order valence-electron chi connectivity index (χ0n) is 9.07. The third-order valence-electron chi connectivity index (χ3n) is 1.91. The minimum absolute atomic E-state index is 0.186.